The van der Waals surface area contributed by atoms with Crippen molar-refractivity contribution in [3.8, 4) is 5.88 Å². The van der Waals surface area contributed by atoms with Crippen LogP contribution in [0.3, 0.4) is 0 Å². The number of aromatic nitrogens is 1. The second kappa shape index (κ2) is 6.86. The molecule has 0 unspecified atom stereocenters. The summed E-state index contributed by atoms with van der Waals surface area (Å²) in [5, 5.41) is 12.6. The molecule has 2 aromatic heterocycles. The van der Waals surface area contributed by atoms with Gasteiger partial charge in [0.25, 0.3) is 5.91 Å². The zero-order valence-electron chi connectivity index (χ0n) is 12.5. The minimum atomic E-state index is -0.290. The molecule has 0 spiro atoms. The molecule has 0 saturated heterocycles. The standard InChI is InChI=1S/C16H17ClN2O3S/c1-22-14-5-2-9(8-18-14)15(10-6-11(20)7-10)19-16(21)12-3-4-13(17)23-12/h2-5,8,10-11,15,20H,6-7H2,1H3,(H,19,21)/t10?,11?,15-/m1/s1. The SMILES string of the molecule is COc1ccc([C@@H](NC(=O)c2ccc(Cl)s2)C2CC(O)C2)cn1. The third-order valence-corrected chi connectivity index (χ3v) is 5.26. The number of hydrogen-bond acceptors (Lipinski definition) is 5. The summed E-state index contributed by atoms with van der Waals surface area (Å²) in [7, 11) is 1.56. The summed E-state index contributed by atoms with van der Waals surface area (Å²) in [6, 6.07) is 6.89. The summed E-state index contributed by atoms with van der Waals surface area (Å²) in [6.45, 7) is 0. The van der Waals surface area contributed by atoms with Crippen LogP contribution in [-0.2, 0) is 0 Å². The van der Waals surface area contributed by atoms with Crippen molar-refractivity contribution in [1.29, 1.82) is 0 Å². The number of halogens is 1. The van der Waals surface area contributed by atoms with Crippen LogP contribution in [0.1, 0.15) is 34.1 Å². The summed E-state index contributed by atoms with van der Waals surface area (Å²) in [4.78, 5) is 17.2. The Kier molecular flexibility index (Phi) is 4.84. The molecular weight excluding hydrogens is 336 g/mol. The zero-order chi connectivity index (χ0) is 16.4. The number of thiophene rings is 1. The minimum Gasteiger partial charge on any atom is -0.481 e. The third kappa shape index (κ3) is 3.65. The molecule has 1 atom stereocenters. The Morgan fingerprint density at radius 2 is 2.22 bits per heavy atom. The van der Waals surface area contributed by atoms with E-state index in [-0.39, 0.29) is 24.0 Å². The van der Waals surface area contributed by atoms with E-state index in [0.717, 1.165) is 5.56 Å². The predicted molar refractivity (Wildman–Crippen MR) is 89.1 cm³/mol. The van der Waals surface area contributed by atoms with Crippen molar-refractivity contribution in [3.05, 3.63) is 45.2 Å². The van der Waals surface area contributed by atoms with E-state index in [0.29, 0.717) is 27.9 Å². The summed E-state index contributed by atoms with van der Waals surface area (Å²) in [6.07, 6.45) is 2.75. The van der Waals surface area contributed by atoms with Gasteiger partial charge in [0.2, 0.25) is 5.88 Å². The Balaban J connectivity index is 1.79. The number of rotatable bonds is 5. The lowest BCUT2D eigenvalue weighted by Gasteiger charge is -2.38. The summed E-state index contributed by atoms with van der Waals surface area (Å²) >= 11 is 7.14. The predicted octanol–water partition coefficient (Wildman–Crippen LogP) is 3.05. The van der Waals surface area contributed by atoms with Crippen molar-refractivity contribution in [2.75, 3.05) is 7.11 Å². The quantitative estimate of drug-likeness (QED) is 0.867. The first-order valence-corrected chi connectivity index (χ1v) is 8.50. The molecule has 5 nitrogen and oxygen atoms in total. The fourth-order valence-electron chi connectivity index (χ4n) is 2.72. The van der Waals surface area contributed by atoms with Gasteiger partial charge in [0.15, 0.2) is 0 Å². The van der Waals surface area contributed by atoms with Crippen molar-refractivity contribution < 1.29 is 14.6 Å². The van der Waals surface area contributed by atoms with E-state index in [2.05, 4.69) is 10.3 Å². The second-order valence-corrected chi connectivity index (χ2v) is 7.29. The lowest BCUT2D eigenvalue weighted by molar-refractivity contribution is 0.0235. The molecule has 1 fully saturated rings. The third-order valence-electron chi connectivity index (χ3n) is 4.03. The average Bonchev–Trinajstić information content (AvgIpc) is 2.96. The molecule has 2 aromatic rings. The first-order chi connectivity index (χ1) is 11.1. The van der Waals surface area contributed by atoms with E-state index in [1.165, 1.54) is 11.3 Å². The molecule has 3 rings (SSSR count). The molecular formula is C16H17ClN2O3S. The monoisotopic (exact) mass is 352 g/mol. The molecule has 1 aliphatic carbocycles. The van der Waals surface area contributed by atoms with Gasteiger partial charge < -0.3 is 15.2 Å². The van der Waals surface area contributed by atoms with Gasteiger partial charge >= 0.3 is 0 Å². The molecule has 1 saturated carbocycles. The normalized spacial score (nSPS) is 21.3. The van der Waals surface area contributed by atoms with Crippen LogP contribution in [0.15, 0.2) is 30.5 Å². The molecule has 0 bridgehead atoms. The molecule has 1 aliphatic rings. The molecule has 0 radical (unpaired) electrons. The van der Waals surface area contributed by atoms with E-state index >= 15 is 0 Å². The van der Waals surface area contributed by atoms with Crippen LogP contribution in [0.4, 0.5) is 0 Å². The fourth-order valence-corrected chi connectivity index (χ4v) is 3.67. The van der Waals surface area contributed by atoms with Gasteiger partial charge in [-0.25, -0.2) is 4.98 Å². The highest BCUT2D eigenvalue weighted by Gasteiger charge is 2.36. The Morgan fingerprint density at radius 3 is 2.74 bits per heavy atom. The topological polar surface area (TPSA) is 71.5 Å². The molecule has 2 N–H and O–H groups in total. The number of ether oxygens (including phenoxy) is 1. The second-order valence-electron chi connectivity index (χ2n) is 5.57. The van der Waals surface area contributed by atoms with Gasteiger partial charge in [-0.2, -0.15) is 0 Å². The Hall–Kier alpha value is -1.63. The number of hydrogen-bond donors (Lipinski definition) is 2. The van der Waals surface area contributed by atoms with E-state index < -0.39 is 0 Å². The fraction of sp³-hybridized carbons (Fsp3) is 0.375. The number of aliphatic hydroxyl groups is 1. The van der Waals surface area contributed by atoms with E-state index in [9.17, 15) is 9.90 Å². The van der Waals surface area contributed by atoms with Crippen molar-refractivity contribution >= 4 is 28.8 Å². The first-order valence-electron chi connectivity index (χ1n) is 7.31. The zero-order valence-corrected chi connectivity index (χ0v) is 14.1. The van der Waals surface area contributed by atoms with Crippen molar-refractivity contribution in [2.45, 2.75) is 25.0 Å². The van der Waals surface area contributed by atoms with Crippen LogP contribution in [0.25, 0.3) is 0 Å². The lowest BCUT2D eigenvalue weighted by atomic mass is 9.75. The number of carbonyl (C=O) groups excluding carboxylic acids is 1. The summed E-state index contributed by atoms with van der Waals surface area (Å²) < 4.78 is 5.65. The summed E-state index contributed by atoms with van der Waals surface area (Å²) in [5.74, 6) is 0.557. The number of pyridine rings is 1. The van der Waals surface area contributed by atoms with Crippen molar-refractivity contribution in [1.82, 2.24) is 10.3 Å². The van der Waals surface area contributed by atoms with Crippen molar-refractivity contribution in [2.24, 2.45) is 5.92 Å². The van der Waals surface area contributed by atoms with E-state index in [4.69, 9.17) is 16.3 Å². The Morgan fingerprint density at radius 1 is 1.43 bits per heavy atom. The van der Waals surface area contributed by atoms with Gasteiger partial charge in [0.1, 0.15) is 0 Å². The van der Waals surface area contributed by atoms with Crippen LogP contribution in [0.5, 0.6) is 5.88 Å². The number of methoxy groups -OCH3 is 1. The van der Waals surface area contributed by atoms with Gasteiger partial charge in [-0.3, -0.25) is 4.79 Å². The Bertz CT molecular complexity index is 683. The summed E-state index contributed by atoms with van der Waals surface area (Å²) in [5.41, 5.74) is 0.902. The maximum Gasteiger partial charge on any atom is 0.261 e. The van der Waals surface area contributed by atoms with Crippen LogP contribution >= 0.6 is 22.9 Å². The van der Waals surface area contributed by atoms with Crippen molar-refractivity contribution in [3.63, 3.8) is 0 Å². The van der Waals surface area contributed by atoms with Crippen LogP contribution in [0, 0.1) is 5.92 Å². The molecule has 122 valence electrons. The van der Waals surface area contributed by atoms with Gasteiger partial charge in [-0.05, 0) is 36.5 Å². The largest absolute Gasteiger partial charge is 0.481 e. The highest BCUT2D eigenvalue weighted by Crippen LogP contribution is 2.38. The molecule has 0 aromatic carbocycles. The number of nitrogens with zero attached hydrogens (tertiary/aromatic N) is 1. The number of aliphatic hydroxyl groups excluding tert-OH is 1. The molecule has 23 heavy (non-hydrogen) atoms. The smallest absolute Gasteiger partial charge is 0.261 e. The molecule has 0 aliphatic heterocycles. The van der Waals surface area contributed by atoms with E-state index in [1.54, 1.807) is 31.5 Å². The van der Waals surface area contributed by atoms with Gasteiger partial charge in [0.05, 0.1) is 28.5 Å². The number of carbonyl (C=O) groups is 1. The number of amides is 1. The van der Waals surface area contributed by atoms with Gasteiger partial charge in [0, 0.05) is 12.3 Å². The lowest BCUT2D eigenvalue weighted by Crippen LogP contribution is -2.41. The maximum absolute atomic E-state index is 12.4. The first kappa shape index (κ1) is 16.2. The van der Waals surface area contributed by atoms with E-state index in [1.807, 2.05) is 6.07 Å². The van der Waals surface area contributed by atoms with Crippen LogP contribution in [-0.4, -0.2) is 29.2 Å². The minimum absolute atomic E-state index is 0.163. The highest BCUT2D eigenvalue weighted by atomic mass is 35.5. The van der Waals surface area contributed by atoms with Crippen LogP contribution < -0.4 is 10.1 Å². The molecule has 2 heterocycles. The molecule has 7 heteroatoms. The highest BCUT2D eigenvalue weighted by molar-refractivity contribution is 7.17. The maximum atomic E-state index is 12.4. The van der Waals surface area contributed by atoms with Gasteiger partial charge in [-0.1, -0.05) is 17.7 Å². The Labute approximate surface area is 143 Å². The van der Waals surface area contributed by atoms with Gasteiger partial charge in [-0.15, -0.1) is 11.3 Å². The van der Waals surface area contributed by atoms with Crippen LogP contribution in [0.2, 0.25) is 4.34 Å². The number of nitrogens with one attached hydrogen (secondary N) is 1. The molecule has 1 amide bonds. The average molecular weight is 353 g/mol.